The lowest BCUT2D eigenvalue weighted by atomic mass is 9.78. The van der Waals surface area contributed by atoms with Gasteiger partial charge in [0.05, 0.1) is 26.9 Å². The SMILES string of the molecule is COc1cc(OC)c2c(c1OC)CC(c1ccccc1)CC2=O. The Hall–Kier alpha value is -2.49. The van der Waals surface area contributed by atoms with Crippen molar-refractivity contribution in [2.45, 2.75) is 18.8 Å². The molecule has 23 heavy (non-hydrogen) atoms. The first-order valence-electron chi connectivity index (χ1n) is 7.59. The number of benzene rings is 2. The zero-order valence-corrected chi connectivity index (χ0v) is 13.6. The normalized spacial score (nSPS) is 16.7. The van der Waals surface area contributed by atoms with Gasteiger partial charge in [0.15, 0.2) is 17.3 Å². The van der Waals surface area contributed by atoms with Crippen molar-refractivity contribution in [2.24, 2.45) is 0 Å². The summed E-state index contributed by atoms with van der Waals surface area (Å²) >= 11 is 0. The number of fused-ring (bicyclic) bond motifs is 1. The lowest BCUT2D eigenvalue weighted by Crippen LogP contribution is -2.21. The molecule has 2 aromatic carbocycles. The molecule has 1 aliphatic carbocycles. The van der Waals surface area contributed by atoms with Gasteiger partial charge in [0.1, 0.15) is 5.75 Å². The second-order valence-corrected chi connectivity index (χ2v) is 5.61. The van der Waals surface area contributed by atoms with Gasteiger partial charge in [-0.05, 0) is 17.9 Å². The van der Waals surface area contributed by atoms with E-state index in [1.165, 1.54) is 0 Å². The molecule has 1 atom stereocenters. The van der Waals surface area contributed by atoms with E-state index < -0.39 is 0 Å². The molecule has 0 aliphatic heterocycles. The Morgan fingerprint density at radius 1 is 0.913 bits per heavy atom. The second kappa shape index (κ2) is 6.32. The van der Waals surface area contributed by atoms with Gasteiger partial charge >= 0.3 is 0 Å². The summed E-state index contributed by atoms with van der Waals surface area (Å²) in [6.45, 7) is 0. The molecule has 0 aromatic heterocycles. The average molecular weight is 312 g/mol. The minimum atomic E-state index is 0.0814. The van der Waals surface area contributed by atoms with Crippen LogP contribution in [0.3, 0.4) is 0 Å². The highest BCUT2D eigenvalue weighted by Crippen LogP contribution is 2.45. The van der Waals surface area contributed by atoms with Crippen molar-refractivity contribution in [1.82, 2.24) is 0 Å². The highest BCUT2D eigenvalue weighted by molar-refractivity contribution is 6.03. The average Bonchev–Trinajstić information content (AvgIpc) is 2.60. The fourth-order valence-corrected chi connectivity index (χ4v) is 3.31. The number of carbonyl (C=O) groups is 1. The Balaban J connectivity index is 2.13. The van der Waals surface area contributed by atoms with Crippen molar-refractivity contribution in [3.8, 4) is 17.2 Å². The Morgan fingerprint density at radius 2 is 1.61 bits per heavy atom. The Kier molecular flexibility index (Phi) is 4.24. The molecule has 0 fully saturated rings. The van der Waals surface area contributed by atoms with E-state index in [2.05, 4.69) is 12.1 Å². The zero-order valence-electron chi connectivity index (χ0n) is 13.6. The molecular weight excluding hydrogens is 292 g/mol. The number of hydrogen-bond donors (Lipinski definition) is 0. The highest BCUT2D eigenvalue weighted by Gasteiger charge is 2.33. The first-order valence-corrected chi connectivity index (χ1v) is 7.59. The van der Waals surface area contributed by atoms with E-state index >= 15 is 0 Å². The smallest absolute Gasteiger partial charge is 0.167 e. The predicted octanol–water partition coefficient (Wildman–Crippen LogP) is 3.63. The van der Waals surface area contributed by atoms with Crippen molar-refractivity contribution < 1.29 is 19.0 Å². The van der Waals surface area contributed by atoms with Gasteiger partial charge in [-0.2, -0.15) is 0 Å². The van der Waals surface area contributed by atoms with Gasteiger partial charge in [0.25, 0.3) is 0 Å². The van der Waals surface area contributed by atoms with E-state index in [9.17, 15) is 4.79 Å². The molecule has 1 aliphatic rings. The Labute approximate surface area is 136 Å². The van der Waals surface area contributed by atoms with Crippen molar-refractivity contribution >= 4 is 5.78 Å². The lowest BCUT2D eigenvalue weighted by molar-refractivity contribution is 0.0959. The molecular formula is C19H20O4. The highest BCUT2D eigenvalue weighted by atomic mass is 16.5. The molecule has 4 heteroatoms. The summed E-state index contributed by atoms with van der Waals surface area (Å²) in [4.78, 5) is 12.7. The zero-order chi connectivity index (χ0) is 16.4. The van der Waals surface area contributed by atoms with Gasteiger partial charge < -0.3 is 14.2 Å². The third-order valence-electron chi connectivity index (χ3n) is 4.38. The molecule has 0 saturated heterocycles. The molecule has 0 bridgehead atoms. The molecule has 0 heterocycles. The van der Waals surface area contributed by atoms with Crippen LogP contribution in [0, 0.1) is 0 Å². The molecule has 0 N–H and O–H groups in total. The number of carbonyl (C=O) groups excluding carboxylic acids is 1. The molecule has 0 saturated carbocycles. The van der Waals surface area contributed by atoms with Gasteiger partial charge in [-0.25, -0.2) is 0 Å². The first-order chi connectivity index (χ1) is 11.2. The third-order valence-corrected chi connectivity index (χ3v) is 4.38. The Bertz CT molecular complexity index is 722. The maximum atomic E-state index is 12.7. The van der Waals surface area contributed by atoms with Crippen LogP contribution in [0.25, 0.3) is 0 Å². The minimum Gasteiger partial charge on any atom is -0.496 e. The summed E-state index contributed by atoms with van der Waals surface area (Å²) in [7, 11) is 4.75. The number of ketones is 1. The van der Waals surface area contributed by atoms with E-state index in [0.717, 1.165) is 17.5 Å². The maximum Gasteiger partial charge on any atom is 0.167 e. The van der Waals surface area contributed by atoms with Crippen LogP contribution < -0.4 is 14.2 Å². The van der Waals surface area contributed by atoms with Crippen LogP contribution in [0.4, 0.5) is 0 Å². The molecule has 120 valence electrons. The quantitative estimate of drug-likeness (QED) is 0.865. The van der Waals surface area contributed by atoms with Crippen LogP contribution in [0.15, 0.2) is 36.4 Å². The largest absolute Gasteiger partial charge is 0.496 e. The number of methoxy groups -OCH3 is 3. The number of Topliss-reactive ketones (excluding diaryl/α,β-unsaturated/α-hetero) is 1. The minimum absolute atomic E-state index is 0.0814. The lowest BCUT2D eigenvalue weighted by Gasteiger charge is -2.27. The predicted molar refractivity (Wildman–Crippen MR) is 87.9 cm³/mol. The molecule has 2 aromatic rings. The van der Waals surface area contributed by atoms with Crippen molar-refractivity contribution in [2.75, 3.05) is 21.3 Å². The molecule has 1 unspecified atom stereocenters. The van der Waals surface area contributed by atoms with Crippen LogP contribution >= 0.6 is 0 Å². The van der Waals surface area contributed by atoms with E-state index in [1.54, 1.807) is 27.4 Å². The summed E-state index contributed by atoms with van der Waals surface area (Å²) in [5.41, 5.74) is 2.65. The van der Waals surface area contributed by atoms with E-state index in [0.29, 0.717) is 29.2 Å². The third kappa shape index (κ3) is 2.65. The number of hydrogen-bond acceptors (Lipinski definition) is 4. The van der Waals surface area contributed by atoms with Crippen LogP contribution in [0.1, 0.15) is 33.8 Å². The van der Waals surface area contributed by atoms with Gasteiger partial charge in [-0.1, -0.05) is 30.3 Å². The monoisotopic (exact) mass is 312 g/mol. The maximum absolute atomic E-state index is 12.7. The van der Waals surface area contributed by atoms with Crippen molar-refractivity contribution in [3.05, 3.63) is 53.1 Å². The molecule has 0 spiro atoms. The molecule has 0 amide bonds. The van der Waals surface area contributed by atoms with Gasteiger partial charge in [-0.15, -0.1) is 0 Å². The van der Waals surface area contributed by atoms with Gasteiger partial charge in [-0.3, -0.25) is 4.79 Å². The fraction of sp³-hybridized carbons (Fsp3) is 0.316. The van der Waals surface area contributed by atoms with E-state index in [-0.39, 0.29) is 11.7 Å². The van der Waals surface area contributed by atoms with Crippen LogP contribution in [-0.4, -0.2) is 27.1 Å². The summed E-state index contributed by atoms with van der Waals surface area (Å²) in [6.07, 6.45) is 1.20. The second-order valence-electron chi connectivity index (χ2n) is 5.61. The van der Waals surface area contributed by atoms with Crippen molar-refractivity contribution in [1.29, 1.82) is 0 Å². The summed E-state index contributed by atoms with van der Waals surface area (Å²) < 4.78 is 16.3. The standard InChI is InChI=1S/C19H20O4/c1-21-16-11-17(22-2)19(23-3)14-9-13(10-15(20)18(14)16)12-7-5-4-6-8-12/h4-8,11,13H,9-10H2,1-3H3. The van der Waals surface area contributed by atoms with Crippen LogP contribution in [0.2, 0.25) is 0 Å². The van der Waals surface area contributed by atoms with Gasteiger partial charge in [0.2, 0.25) is 0 Å². The summed E-state index contributed by atoms with van der Waals surface area (Å²) in [5, 5.41) is 0. The molecule has 3 rings (SSSR count). The van der Waals surface area contributed by atoms with Gasteiger partial charge in [0, 0.05) is 18.1 Å². The first kappa shape index (κ1) is 15.4. The van der Waals surface area contributed by atoms with E-state index in [1.807, 2.05) is 18.2 Å². The molecule has 4 nitrogen and oxygen atoms in total. The number of rotatable bonds is 4. The topological polar surface area (TPSA) is 44.8 Å². The Morgan fingerprint density at radius 3 is 2.22 bits per heavy atom. The van der Waals surface area contributed by atoms with Crippen molar-refractivity contribution in [3.63, 3.8) is 0 Å². The summed E-state index contributed by atoms with van der Waals surface area (Å²) in [5.74, 6) is 1.98. The van der Waals surface area contributed by atoms with E-state index in [4.69, 9.17) is 14.2 Å². The fourth-order valence-electron chi connectivity index (χ4n) is 3.31. The number of ether oxygens (including phenoxy) is 3. The van der Waals surface area contributed by atoms with Crippen LogP contribution in [0.5, 0.6) is 17.2 Å². The van der Waals surface area contributed by atoms with Crippen LogP contribution in [-0.2, 0) is 6.42 Å². The summed E-state index contributed by atoms with van der Waals surface area (Å²) in [6, 6.07) is 11.8. The molecule has 0 radical (unpaired) electrons.